The highest BCUT2D eigenvalue weighted by molar-refractivity contribution is 7.08. The minimum atomic E-state index is -0.413. The number of halogens is 3. The average Bonchev–Trinajstić information content (AvgIpc) is 2.94. The van der Waals surface area contributed by atoms with Crippen LogP contribution in [0.25, 0.3) is 0 Å². The topological polar surface area (TPSA) is 50.7 Å². The Morgan fingerprint density at radius 3 is 2.76 bits per heavy atom. The van der Waals surface area contributed by atoms with Crippen LogP contribution >= 0.6 is 46.1 Å². The first-order valence-electron chi connectivity index (χ1n) is 5.67. The van der Waals surface area contributed by atoms with Gasteiger partial charge in [0, 0.05) is 11.6 Å². The Morgan fingerprint density at radius 1 is 1.29 bits per heavy atom. The third-order valence-electron chi connectivity index (χ3n) is 2.28. The molecular weight excluding hydrogens is 355 g/mol. The summed E-state index contributed by atoms with van der Waals surface area (Å²) in [6.45, 7) is -0.237. The molecule has 0 aliphatic rings. The van der Waals surface area contributed by atoms with Crippen molar-refractivity contribution in [1.82, 2.24) is 5.43 Å². The summed E-state index contributed by atoms with van der Waals surface area (Å²) in [6, 6.07) is 4.79. The average molecular weight is 364 g/mol. The van der Waals surface area contributed by atoms with Crippen molar-refractivity contribution in [3.05, 3.63) is 49.6 Å². The molecule has 0 saturated carbocycles. The Hall–Kier alpha value is -1.27. The number of hydrogen-bond acceptors (Lipinski definition) is 4. The summed E-state index contributed by atoms with van der Waals surface area (Å²) in [5, 5.41) is 8.52. The van der Waals surface area contributed by atoms with Gasteiger partial charge in [0.05, 0.1) is 21.3 Å². The number of nitrogens with zero attached hydrogens (tertiary/aromatic N) is 1. The molecule has 1 aromatic carbocycles. The van der Waals surface area contributed by atoms with E-state index >= 15 is 0 Å². The van der Waals surface area contributed by atoms with Crippen molar-refractivity contribution in [3.8, 4) is 5.75 Å². The van der Waals surface area contributed by atoms with Crippen LogP contribution in [0.15, 0.2) is 34.1 Å². The van der Waals surface area contributed by atoms with Gasteiger partial charge in [-0.25, -0.2) is 5.43 Å². The van der Waals surface area contributed by atoms with Gasteiger partial charge in [-0.05, 0) is 22.9 Å². The van der Waals surface area contributed by atoms with Gasteiger partial charge >= 0.3 is 0 Å². The lowest BCUT2D eigenvalue weighted by molar-refractivity contribution is -0.123. The molecule has 0 atom stereocenters. The third kappa shape index (κ3) is 4.89. The quantitative estimate of drug-likeness (QED) is 0.491. The fourth-order valence-electron chi connectivity index (χ4n) is 1.32. The van der Waals surface area contributed by atoms with Crippen LogP contribution in [-0.4, -0.2) is 18.7 Å². The van der Waals surface area contributed by atoms with E-state index in [9.17, 15) is 4.79 Å². The fraction of sp³-hybridized carbons (Fsp3) is 0.0769. The number of benzene rings is 1. The molecule has 1 amide bonds. The van der Waals surface area contributed by atoms with Gasteiger partial charge in [0.25, 0.3) is 5.91 Å². The van der Waals surface area contributed by atoms with E-state index in [1.165, 1.54) is 12.1 Å². The van der Waals surface area contributed by atoms with Gasteiger partial charge in [-0.1, -0.05) is 34.8 Å². The Labute approximate surface area is 140 Å². The summed E-state index contributed by atoms with van der Waals surface area (Å²) in [7, 11) is 0. The van der Waals surface area contributed by atoms with E-state index in [0.29, 0.717) is 10.0 Å². The van der Waals surface area contributed by atoms with Crippen LogP contribution in [0, 0.1) is 0 Å². The Balaban J connectivity index is 1.85. The summed E-state index contributed by atoms with van der Waals surface area (Å²) in [5.41, 5.74) is 3.26. The molecule has 1 N–H and O–H groups in total. The zero-order chi connectivity index (χ0) is 15.2. The highest BCUT2D eigenvalue weighted by Gasteiger charge is 2.09. The zero-order valence-electron chi connectivity index (χ0n) is 10.5. The summed E-state index contributed by atoms with van der Waals surface area (Å²) in [5.74, 6) is -0.133. The van der Waals surface area contributed by atoms with Crippen molar-refractivity contribution in [1.29, 1.82) is 0 Å². The predicted octanol–water partition coefficient (Wildman–Crippen LogP) is 4.24. The van der Waals surface area contributed by atoms with E-state index in [2.05, 4.69) is 10.5 Å². The minimum Gasteiger partial charge on any atom is -0.482 e. The molecule has 8 heteroatoms. The lowest BCUT2D eigenvalue weighted by atomic mass is 10.3. The maximum absolute atomic E-state index is 11.6. The van der Waals surface area contributed by atoms with Gasteiger partial charge in [0.15, 0.2) is 6.61 Å². The number of ether oxygens (including phenoxy) is 1. The molecule has 21 heavy (non-hydrogen) atoms. The molecule has 0 bridgehead atoms. The van der Waals surface area contributed by atoms with E-state index in [0.717, 1.165) is 5.56 Å². The molecule has 2 rings (SSSR count). The standard InChI is InChI=1S/C13H9Cl3N2O2S/c14-9-3-11(16)12(4-10(9)15)20-6-13(19)18-17-5-8-1-2-21-7-8/h1-5,7H,6H2,(H,18,19)/b17-5+. The second-order valence-electron chi connectivity index (χ2n) is 3.84. The molecule has 4 nitrogen and oxygen atoms in total. The first-order valence-corrected chi connectivity index (χ1v) is 7.75. The highest BCUT2D eigenvalue weighted by atomic mass is 35.5. The molecule has 0 fully saturated rings. The molecule has 0 spiro atoms. The van der Waals surface area contributed by atoms with Crippen molar-refractivity contribution >= 4 is 58.3 Å². The molecule has 0 radical (unpaired) electrons. The van der Waals surface area contributed by atoms with E-state index in [1.807, 2.05) is 16.8 Å². The van der Waals surface area contributed by atoms with Gasteiger partial charge in [-0.2, -0.15) is 16.4 Å². The van der Waals surface area contributed by atoms with Crippen LogP contribution in [0.3, 0.4) is 0 Å². The highest BCUT2D eigenvalue weighted by Crippen LogP contribution is 2.33. The number of carbonyl (C=O) groups is 1. The Morgan fingerprint density at radius 2 is 2.05 bits per heavy atom. The van der Waals surface area contributed by atoms with E-state index in [4.69, 9.17) is 39.5 Å². The third-order valence-corrected chi connectivity index (χ3v) is 4.00. The predicted molar refractivity (Wildman–Crippen MR) is 87.0 cm³/mol. The molecule has 0 saturated heterocycles. The molecule has 0 aliphatic heterocycles. The van der Waals surface area contributed by atoms with Crippen molar-refractivity contribution in [2.45, 2.75) is 0 Å². The Bertz CT molecular complexity index is 660. The van der Waals surface area contributed by atoms with Crippen molar-refractivity contribution in [2.75, 3.05) is 6.61 Å². The van der Waals surface area contributed by atoms with Gasteiger partial charge in [-0.15, -0.1) is 0 Å². The number of carbonyl (C=O) groups excluding carboxylic acids is 1. The number of thiophene rings is 1. The normalized spacial score (nSPS) is 10.8. The minimum absolute atomic E-state index is 0.237. The number of hydrazone groups is 1. The van der Waals surface area contributed by atoms with Crippen LogP contribution in [0.2, 0.25) is 15.1 Å². The lowest BCUT2D eigenvalue weighted by Gasteiger charge is -2.08. The lowest BCUT2D eigenvalue weighted by Crippen LogP contribution is -2.24. The SMILES string of the molecule is O=C(COc1cc(Cl)c(Cl)cc1Cl)N/N=C/c1ccsc1. The number of rotatable bonds is 5. The van der Waals surface area contributed by atoms with Crippen LogP contribution in [0.1, 0.15) is 5.56 Å². The monoisotopic (exact) mass is 362 g/mol. The maximum atomic E-state index is 11.6. The summed E-state index contributed by atoms with van der Waals surface area (Å²) < 4.78 is 5.26. The van der Waals surface area contributed by atoms with Crippen LogP contribution in [0.5, 0.6) is 5.75 Å². The van der Waals surface area contributed by atoms with Crippen molar-refractivity contribution in [2.24, 2.45) is 5.10 Å². The van der Waals surface area contributed by atoms with E-state index < -0.39 is 5.91 Å². The van der Waals surface area contributed by atoms with Crippen molar-refractivity contribution in [3.63, 3.8) is 0 Å². The number of nitrogens with one attached hydrogen (secondary N) is 1. The van der Waals surface area contributed by atoms with E-state index in [1.54, 1.807) is 17.6 Å². The van der Waals surface area contributed by atoms with Gasteiger partial charge in [-0.3, -0.25) is 4.79 Å². The molecule has 110 valence electrons. The van der Waals surface area contributed by atoms with Gasteiger partial charge in [0.2, 0.25) is 0 Å². The smallest absolute Gasteiger partial charge is 0.277 e. The van der Waals surface area contributed by atoms with Crippen LogP contribution in [-0.2, 0) is 4.79 Å². The second kappa shape index (κ2) is 7.66. The summed E-state index contributed by atoms with van der Waals surface area (Å²) in [4.78, 5) is 11.6. The van der Waals surface area contributed by atoms with Gasteiger partial charge in [0.1, 0.15) is 5.75 Å². The molecular formula is C13H9Cl3N2O2S. The maximum Gasteiger partial charge on any atom is 0.277 e. The zero-order valence-corrected chi connectivity index (χ0v) is 13.6. The van der Waals surface area contributed by atoms with Crippen molar-refractivity contribution < 1.29 is 9.53 Å². The summed E-state index contributed by atoms with van der Waals surface area (Å²) in [6.07, 6.45) is 1.54. The molecule has 0 unspecified atom stereocenters. The van der Waals surface area contributed by atoms with Crippen LogP contribution < -0.4 is 10.2 Å². The summed E-state index contributed by atoms with van der Waals surface area (Å²) >= 11 is 19.1. The molecule has 1 aromatic heterocycles. The second-order valence-corrected chi connectivity index (χ2v) is 5.84. The Kier molecular flexibility index (Phi) is 5.87. The first kappa shape index (κ1) is 16.1. The van der Waals surface area contributed by atoms with Gasteiger partial charge < -0.3 is 4.74 Å². The molecule has 1 heterocycles. The molecule has 2 aromatic rings. The largest absolute Gasteiger partial charge is 0.482 e. The fourth-order valence-corrected chi connectivity index (χ4v) is 2.52. The number of amides is 1. The molecule has 0 aliphatic carbocycles. The van der Waals surface area contributed by atoms with E-state index in [-0.39, 0.29) is 17.4 Å². The number of hydrogen-bond donors (Lipinski definition) is 1. The van der Waals surface area contributed by atoms with Crippen LogP contribution in [0.4, 0.5) is 0 Å². The first-order chi connectivity index (χ1) is 10.1.